The van der Waals surface area contributed by atoms with E-state index in [0.717, 1.165) is 0 Å². The normalized spacial score (nSPS) is 12.2. The van der Waals surface area contributed by atoms with E-state index in [1.54, 1.807) is 0 Å². The highest BCUT2D eigenvalue weighted by Crippen LogP contribution is 2.35. The number of hydrogen-bond acceptors (Lipinski definition) is 0. The smallest absolute Gasteiger partial charge is 0.00201 e. The zero-order valence-electron chi connectivity index (χ0n) is 12.5. The Labute approximate surface area is 136 Å². The Morgan fingerprint density at radius 1 is 0.478 bits per heavy atom. The van der Waals surface area contributed by atoms with Crippen molar-refractivity contribution < 1.29 is 0 Å². The van der Waals surface area contributed by atoms with E-state index in [4.69, 9.17) is 0 Å². The molecule has 0 N–H and O–H groups in total. The second-order valence-corrected chi connectivity index (χ2v) is 7.11. The molecule has 107 valence electrons. The summed E-state index contributed by atoms with van der Waals surface area (Å²) in [7, 11) is 1.27. The van der Waals surface area contributed by atoms with Crippen LogP contribution in [-0.4, -0.2) is 0 Å². The molecule has 0 atom stereocenters. The van der Waals surface area contributed by atoms with Crippen LogP contribution in [0.3, 0.4) is 0 Å². The minimum Gasteiger partial charge on any atom is -0.0622 e. The highest BCUT2D eigenvalue weighted by atomic mass is 31.1. The summed E-state index contributed by atoms with van der Waals surface area (Å²) in [5.74, 6) is 0. The van der Waals surface area contributed by atoms with Gasteiger partial charge in [0.15, 0.2) is 0 Å². The maximum absolute atomic E-state index is 2.29. The fourth-order valence-electron chi connectivity index (χ4n) is 3.46. The van der Waals surface area contributed by atoms with E-state index in [-0.39, 0.29) is 0 Å². The second kappa shape index (κ2) is 5.05. The minimum absolute atomic E-state index is 1.27. The molecule has 0 unspecified atom stereocenters. The van der Waals surface area contributed by atoms with Crippen LogP contribution in [0.4, 0.5) is 0 Å². The van der Waals surface area contributed by atoms with Gasteiger partial charge in [0, 0.05) is 0 Å². The monoisotopic (exact) mass is 309 g/mol. The molecule has 0 fully saturated rings. The molecule has 0 aliphatic carbocycles. The van der Waals surface area contributed by atoms with Crippen LogP contribution in [0.1, 0.15) is 0 Å². The summed E-state index contributed by atoms with van der Waals surface area (Å²) in [6.45, 7) is 0. The molecule has 1 radical (unpaired) electrons. The first-order chi connectivity index (χ1) is 11.4. The topological polar surface area (TPSA) is 0 Å². The lowest BCUT2D eigenvalue weighted by molar-refractivity contribution is 1.77. The predicted molar refractivity (Wildman–Crippen MR) is 103 cm³/mol. The van der Waals surface area contributed by atoms with Gasteiger partial charge in [0.25, 0.3) is 0 Å². The van der Waals surface area contributed by atoms with Crippen molar-refractivity contribution >= 4 is 51.5 Å². The van der Waals surface area contributed by atoms with Crippen molar-refractivity contribution in [1.82, 2.24) is 0 Å². The average molecular weight is 309 g/mol. The fraction of sp³-hybridized carbons (Fsp3) is 0. The third-order valence-electron chi connectivity index (χ3n) is 4.51. The van der Waals surface area contributed by atoms with E-state index in [9.17, 15) is 0 Å². The van der Waals surface area contributed by atoms with Crippen molar-refractivity contribution in [2.75, 3.05) is 0 Å². The van der Waals surface area contributed by atoms with Crippen molar-refractivity contribution in [3.8, 4) is 0 Å². The van der Waals surface area contributed by atoms with E-state index in [0.29, 0.717) is 0 Å². The summed E-state index contributed by atoms with van der Waals surface area (Å²) in [5.41, 5.74) is 0. The molecule has 0 nitrogen and oxygen atoms in total. The molecule has 0 amide bonds. The Kier molecular flexibility index (Phi) is 2.86. The van der Waals surface area contributed by atoms with Crippen LogP contribution >= 0.6 is 8.58 Å². The van der Waals surface area contributed by atoms with Gasteiger partial charge in [-0.1, -0.05) is 84.9 Å². The third kappa shape index (κ3) is 2.03. The first-order valence-electron chi connectivity index (χ1n) is 7.83. The molecular weight excluding hydrogens is 295 g/mol. The Morgan fingerprint density at radius 2 is 1.13 bits per heavy atom. The van der Waals surface area contributed by atoms with Crippen molar-refractivity contribution in [2.24, 2.45) is 0 Å². The summed E-state index contributed by atoms with van der Waals surface area (Å²) >= 11 is 0. The molecule has 23 heavy (non-hydrogen) atoms. The van der Waals surface area contributed by atoms with E-state index in [1.807, 2.05) is 0 Å². The maximum atomic E-state index is 2.29. The minimum atomic E-state index is 1.27. The van der Waals surface area contributed by atoms with E-state index in [1.165, 1.54) is 51.5 Å². The summed E-state index contributed by atoms with van der Waals surface area (Å²) in [4.78, 5) is 0. The standard InChI is InChI=1S/C22H14P/c1-2-7-18(8-3-1)23-20-14-12-17-10-9-15-5-4-6-16-11-13-19(20)22(17)21(15)16/h1-14H. The molecule has 5 rings (SSSR count). The number of benzene rings is 5. The lowest BCUT2D eigenvalue weighted by Crippen LogP contribution is -2.04. The summed E-state index contributed by atoms with van der Waals surface area (Å²) in [6.07, 6.45) is 0. The molecule has 1 heteroatoms. The van der Waals surface area contributed by atoms with Gasteiger partial charge in [-0.15, -0.1) is 0 Å². The van der Waals surface area contributed by atoms with Gasteiger partial charge >= 0.3 is 0 Å². The van der Waals surface area contributed by atoms with Gasteiger partial charge in [0.1, 0.15) is 0 Å². The van der Waals surface area contributed by atoms with Gasteiger partial charge in [0.05, 0.1) is 0 Å². The first kappa shape index (κ1) is 13.0. The van der Waals surface area contributed by atoms with Crippen LogP contribution in [0.25, 0.3) is 32.3 Å². The Hall–Kier alpha value is -2.43. The van der Waals surface area contributed by atoms with Gasteiger partial charge in [-0.2, -0.15) is 0 Å². The van der Waals surface area contributed by atoms with Crippen molar-refractivity contribution in [2.45, 2.75) is 0 Å². The van der Waals surface area contributed by atoms with Gasteiger partial charge in [0.2, 0.25) is 0 Å². The Bertz CT molecular complexity index is 1110. The van der Waals surface area contributed by atoms with Crippen LogP contribution in [0, 0.1) is 0 Å². The summed E-state index contributed by atoms with van der Waals surface area (Å²) in [5, 5.41) is 10.9. The molecule has 0 bridgehead atoms. The van der Waals surface area contributed by atoms with E-state index >= 15 is 0 Å². The molecule has 0 aromatic heterocycles. The molecule has 0 spiro atoms. The van der Waals surface area contributed by atoms with Crippen molar-refractivity contribution in [3.63, 3.8) is 0 Å². The highest BCUT2D eigenvalue weighted by Gasteiger charge is 2.11. The first-order valence-corrected chi connectivity index (χ1v) is 8.73. The molecule has 5 aromatic rings. The molecule has 0 aliphatic rings. The molecule has 0 aliphatic heterocycles. The van der Waals surface area contributed by atoms with E-state index < -0.39 is 0 Å². The molecule has 0 saturated carbocycles. The maximum Gasteiger partial charge on any atom is -0.00201 e. The van der Waals surface area contributed by atoms with Crippen LogP contribution in [-0.2, 0) is 0 Å². The number of hydrogen-bond donors (Lipinski definition) is 0. The lowest BCUT2D eigenvalue weighted by atomic mass is 9.94. The van der Waals surface area contributed by atoms with Crippen LogP contribution in [0.15, 0.2) is 84.9 Å². The van der Waals surface area contributed by atoms with Gasteiger partial charge in [-0.3, -0.25) is 0 Å². The van der Waals surface area contributed by atoms with E-state index in [2.05, 4.69) is 84.9 Å². The van der Waals surface area contributed by atoms with Crippen molar-refractivity contribution in [1.29, 1.82) is 0 Å². The molecular formula is C22H14P. The molecule has 5 aromatic carbocycles. The molecule has 0 heterocycles. The second-order valence-electron chi connectivity index (χ2n) is 5.89. The largest absolute Gasteiger partial charge is 0.0622 e. The van der Waals surface area contributed by atoms with Crippen LogP contribution in [0.2, 0.25) is 0 Å². The van der Waals surface area contributed by atoms with Crippen LogP contribution in [0.5, 0.6) is 0 Å². The summed E-state index contributed by atoms with van der Waals surface area (Å²) < 4.78 is 0. The zero-order valence-corrected chi connectivity index (χ0v) is 13.4. The predicted octanol–water partition coefficient (Wildman–Crippen LogP) is 5.48. The third-order valence-corrected chi connectivity index (χ3v) is 5.70. The lowest BCUT2D eigenvalue weighted by Gasteiger charge is -2.13. The summed E-state index contributed by atoms with van der Waals surface area (Å²) in [6, 6.07) is 30.8. The average Bonchev–Trinajstić information content (AvgIpc) is 2.62. The quantitative estimate of drug-likeness (QED) is 0.299. The number of rotatable bonds is 2. The Balaban J connectivity index is 1.84. The van der Waals surface area contributed by atoms with Crippen LogP contribution < -0.4 is 10.6 Å². The highest BCUT2D eigenvalue weighted by molar-refractivity contribution is 7.56. The zero-order chi connectivity index (χ0) is 15.2. The SMILES string of the molecule is c1ccc([P]c2ccc3ccc4cccc5ccc2c3c45)cc1. The molecule has 0 saturated heterocycles. The van der Waals surface area contributed by atoms with Gasteiger partial charge in [-0.05, 0) is 51.5 Å². The fourth-order valence-corrected chi connectivity index (χ4v) is 4.51. The van der Waals surface area contributed by atoms with Crippen molar-refractivity contribution in [3.05, 3.63) is 84.9 Å². The van der Waals surface area contributed by atoms with Gasteiger partial charge < -0.3 is 0 Å². The Morgan fingerprint density at radius 3 is 1.91 bits per heavy atom. The van der Waals surface area contributed by atoms with Gasteiger partial charge in [-0.25, -0.2) is 0 Å².